The third-order valence-corrected chi connectivity index (χ3v) is 5.20. The lowest BCUT2D eigenvalue weighted by molar-refractivity contribution is -0.149. The molecule has 3 amide bonds. The highest BCUT2D eigenvalue weighted by Crippen LogP contribution is 2.19. The number of nitrogens with one attached hydrogen (secondary N) is 3. The van der Waals surface area contributed by atoms with Crippen LogP contribution < -0.4 is 21.7 Å². The van der Waals surface area contributed by atoms with E-state index in [0.717, 1.165) is 19.4 Å². The van der Waals surface area contributed by atoms with Gasteiger partial charge >= 0.3 is 5.97 Å². The largest absolute Gasteiger partial charge is 0.480 e. The van der Waals surface area contributed by atoms with Crippen LogP contribution in [0.4, 0.5) is 0 Å². The molecule has 0 radical (unpaired) electrons. The molecule has 2 heterocycles. The fraction of sp³-hybridized carbons (Fsp3) is 0.778. The van der Waals surface area contributed by atoms with Crippen LogP contribution in [0.2, 0.25) is 0 Å². The quantitative estimate of drug-likeness (QED) is 0.282. The van der Waals surface area contributed by atoms with E-state index in [1.807, 2.05) is 0 Å². The maximum atomic E-state index is 12.9. The van der Waals surface area contributed by atoms with E-state index in [-0.39, 0.29) is 24.4 Å². The van der Waals surface area contributed by atoms with Crippen molar-refractivity contribution < 1.29 is 24.3 Å². The molecule has 0 aromatic carbocycles. The maximum Gasteiger partial charge on any atom is 0.326 e. The molecule has 3 atom stereocenters. The number of carboxylic acids is 1. The van der Waals surface area contributed by atoms with E-state index in [9.17, 15) is 24.3 Å². The van der Waals surface area contributed by atoms with E-state index in [0.29, 0.717) is 45.2 Å². The highest BCUT2D eigenvalue weighted by molar-refractivity contribution is 5.92. The summed E-state index contributed by atoms with van der Waals surface area (Å²) in [6, 6.07) is -1.95. The maximum absolute atomic E-state index is 12.9. The van der Waals surface area contributed by atoms with E-state index < -0.39 is 24.0 Å². The number of likely N-dealkylation sites (tertiary alicyclic amines) is 1. The van der Waals surface area contributed by atoms with Crippen LogP contribution in [-0.4, -0.2) is 78.0 Å². The Kier molecular flexibility index (Phi) is 8.65. The lowest BCUT2D eigenvalue weighted by Crippen LogP contribution is -2.53. The van der Waals surface area contributed by atoms with Gasteiger partial charge in [-0.25, -0.2) is 4.79 Å². The molecule has 0 aromatic rings. The second-order valence-corrected chi connectivity index (χ2v) is 7.30. The van der Waals surface area contributed by atoms with Crippen LogP contribution in [0.15, 0.2) is 0 Å². The van der Waals surface area contributed by atoms with Gasteiger partial charge in [-0.3, -0.25) is 14.4 Å². The SMILES string of the molecule is NCCCCC(NC(=O)CNC(=O)C1CCCN1)C(=O)N1CCCC1C(=O)O. The average molecular weight is 397 g/mol. The molecule has 2 aliphatic heterocycles. The second kappa shape index (κ2) is 11.0. The van der Waals surface area contributed by atoms with Crippen LogP contribution in [0.1, 0.15) is 44.9 Å². The highest BCUT2D eigenvalue weighted by atomic mass is 16.4. The third kappa shape index (κ3) is 6.16. The molecule has 2 aliphatic rings. The van der Waals surface area contributed by atoms with Crippen LogP contribution in [0, 0.1) is 0 Å². The lowest BCUT2D eigenvalue weighted by Gasteiger charge is -2.27. The van der Waals surface area contributed by atoms with Crippen LogP contribution in [0.3, 0.4) is 0 Å². The van der Waals surface area contributed by atoms with Gasteiger partial charge in [-0.15, -0.1) is 0 Å². The van der Waals surface area contributed by atoms with Gasteiger partial charge in [0.25, 0.3) is 0 Å². The van der Waals surface area contributed by atoms with E-state index in [2.05, 4.69) is 16.0 Å². The van der Waals surface area contributed by atoms with Gasteiger partial charge in [0.05, 0.1) is 12.6 Å². The Morgan fingerprint density at radius 2 is 1.96 bits per heavy atom. The number of rotatable bonds is 10. The molecular formula is C18H31N5O5. The fourth-order valence-corrected chi connectivity index (χ4v) is 3.68. The summed E-state index contributed by atoms with van der Waals surface area (Å²) in [5.41, 5.74) is 5.50. The normalized spacial score (nSPS) is 22.7. The number of carbonyl (C=O) groups is 4. The molecular weight excluding hydrogens is 366 g/mol. The number of aliphatic carboxylic acids is 1. The Labute approximate surface area is 164 Å². The average Bonchev–Trinajstić information content (AvgIpc) is 3.36. The number of unbranched alkanes of at least 4 members (excludes halogenated alkanes) is 1. The molecule has 2 rings (SSSR count). The Hall–Kier alpha value is -2.20. The van der Waals surface area contributed by atoms with Crippen molar-refractivity contribution in [2.45, 2.75) is 63.1 Å². The first kappa shape index (κ1) is 22.1. The molecule has 2 saturated heterocycles. The van der Waals surface area contributed by atoms with Crippen molar-refractivity contribution in [1.82, 2.24) is 20.9 Å². The van der Waals surface area contributed by atoms with E-state index in [1.165, 1.54) is 4.90 Å². The summed E-state index contributed by atoms with van der Waals surface area (Å²) < 4.78 is 0. The standard InChI is InChI=1S/C18H31N5O5/c19-8-2-1-5-13(17(26)23-10-4-7-14(23)18(27)28)22-15(24)11-21-16(25)12-6-3-9-20-12/h12-14,20H,1-11,19H2,(H,21,25)(H,22,24)(H,27,28). The number of nitrogens with two attached hydrogens (primary N) is 1. The topological polar surface area (TPSA) is 154 Å². The summed E-state index contributed by atoms with van der Waals surface area (Å²) >= 11 is 0. The first-order valence-corrected chi connectivity index (χ1v) is 9.98. The van der Waals surface area contributed by atoms with Crippen molar-refractivity contribution in [3.63, 3.8) is 0 Å². The Bertz CT molecular complexity index is 579. The highest BCUT2D eigenvalue weighted by Gasteiger charge is 2.37. The summed E-state index contributed by atoms with van der Waals surface area (Å²) in [6.07, 6.45) is 4.40. The predicted octanol–water partition coefficient (Wildman–Crippen LogP) is -1.46. The first-order chi connectivity index (χ1) is 13.4. The van der Waals surface area contributed by atoms with Crippen molar-refractivity contribution in [3.8, 4) is 0 Å². The molecule has 10 nitrogen and oxygen atoms in total. The van der Waals surface area contributed by atoms with Crippen molar-refractivity contribution >= 4 is 23.7 Å². The zero-order valence-electron chi connectivity index (χ0n) is 16.1. The van der Waals surface area contributed by atoms with Gasteiger partial charge in [-0.2, -0.15) is 0 Å². The van der Waals surface area contributed by atoms with Gasteiger partial charge in [0.1, 0.15) is 12.1 Å². The number of amides is 3. The zero-order valence-corrected chi connectivity index (χ0v) is 16.1. The lowest BCUT2D eigenvalue weighted by atomic mass is 10.1. The van der Waals surface area contributed by atoms with Crippen molar-refractivity contribution in [1.29, 1.82) is 0 Å². The second-order valence-electron chi connectivity index (χ2n) is 7.30. The Morgan fingerprint density at radius 1 is 1.18 bits per heavy atom. The van der Waals surface area contributed by atoms with Gasteiger partial charge in [0.15, 0.2) is 0 Å². The van der Waals surface area contributed by atoms with Crippen LogP contribution >= 0.6 is 0 Å². The Morgan fingerprint density at radius 3 is 2.61 bits per heavy atom. The summed E-state index contributed by atoms with van der Waals surface area (Å²) in [4.78, 5) is 49.8. The molecule has 0 spiro atoms. The predicted molar refractivity (Wildman–Crippen MR) is 101 cm³/mol. The number of carbonyl (C=O) groups excluding carboxylic acids is 3. The summed E-state index contributed by atoms with van der Waals surface area (Å²) in [5, 5.41) is 17.6. The van der Waals surface area contributed by atoms with Crippen molar-refractivity contribution in [2.24, 2.45) is 5.73 Å². The zero-order chi connectivity index (χ0) is 20.5. The molecule has 0 aromatic heterocycles. The molecule has 10 heteroatoms. The summed E-state index contributed by atoms with van der Waals surface area (Å²) in [5.74, 6) is -2.12. The number of hydrogen-bond donors (Lipinski definition) is 5. The first-order valence-electron chi connectivity index (χ1n) is 9.98. The minimum Gasteiger partial charge on any atom is -0.480 e. The minimum absolute atomic E-state index is 0.222. The summed E-state index contributed by atoms with van der Waals surface area (Å²) in [7, 11) is 0. The minimum atomic E-state index is -1.03. The Balaban J connectivity index is 1.91. The number of carboxylic acid groups (broad SMARTS) is 1. The van der Waals surface area contributed by atoms with Crippen molar-refractivity contribution in [3.05, 3.63) is 0 Å². The molecule has 0 bridgehead atoms. The molecule has 0 saturated carbocycles. The van der Waals surface area contributed by atoms with E-state index in [4.69, 9.17) is 5.73 Å². The fourth-order valence-electron chi connectivity index (χ4n) is 3.68. The van der Waals surface area contributed by atoms with E-state index >= 15 is 0 Å². The summed E-state index contributed by atoms with van der Waals surface area (Å²) in [6.45, 7) is 1.40. The van der Waals surface area contributed by atoms with Gasteiger partial charge in [-0.1, -0.05) is 0 Å². The molecule has 158 valence electrons. The number of hydrogen-bond acceptors (Lipinski definition) is 6. The molecule has 6 N–H and O–H groups in total. The van der Waals surface area contributed by atoms with Crippen LogP contribution in [-0.2, 0) is 19.2 Å². The van der Waals surface area contributed by atoms with Gasteiger partial charge in [0.2, 0.25) is 17.7 Å². The van der Waals surface area contributed by atoms with Crippen LogP contribution in [0.5, 0.6) is 0 Å². The molecule has 2 fully saturated rings. The van der Waals surface area contributed by atoms with Crippen molar-refractivity contribution in [2.75, 3.05) is 26.2 Å². The number of nitrogens with zero attached hydrogens (tertiary/aromatic N) is 1. The van der Waals surface area contributed by atoms with E-state index in [1.54, 1.807) is 0 Å². The van der Waals surface area contributed by atoms with Crippen LogP contribution in [0.25, 0.3) is 0 Å². The monoisotopic (exact) mass is 397 g/mol. The van der Waals surface area contributed by atoms with Gasteiger partial charge in [-0.05, 0) is 58.0 Å². The molecule has 0 aliphatic carbocycles. The smallest absolute Gasteiger partial charge is 0.326 e. The third-order valence-electron chi connectivity index (χ3n) is 5.20. The molecule has 3 unspecified atom stereocenters. The van der Waals surface area contributed by atoms with Gasteiger partial charge in [0, 0.05) is 6.54 Å². The molecule has 28 heavy (non-hydrogen) atoms. The van der Waals surface area contributed by atoms with Gasteiger partial charge < -0.3 is 31.7 Å².